The summed E-state index contributed by atoms with van der Waals surface area (Å²) >= 11 is 0. The molecule has 2 rings (SSSR count). The summed E-state index contributed by atoms with van der Waals surface area (Å²) in [6.45, 7) is -0.250. The van der Waals surface area contributed by atoms with E-state index in [4.69, 9.17) is 4.74 Å². The van der Waals surface area contributed by atoms with Crippen LogP contribution in [0.4, 0.5) is 13.2 Å². The molecule has 1 unspecified atom stereocenters. The van der Waals surface area contributed by atoms with E-state index in [0.29, 0.717) is 5.56 Å². The van der Waals surface area contributed by atoms with Gasteiger partial charge in [-0.25, -0.2) is 4.79 Å². The van der Waals surface area contributed by atoms with Gasteiger partial charge in [-0.1, -0.05) is 60.7 Å². The van der Waals surface area contributed by atoms with Crippen LogP contribution in [0, 0.1) is 0 Å². The van der Waals surface area contributed by atoms with Gasteiger partial charge in [-0.15, -0.1) is 0 Å². The molecular weight excluding hydrogens is 351 g/mol. The Hall–Kier alpha value is -3.16. The van der Waals surface area contributed by atoms with Crippen molar-refractivity contribution in [1.82, 2.24) is 5.32 Å². The molecule has 0 aliphatic carbocycles. The average molecular weight is 365 g/mol. The lowest BCUT2D eigenvalue weighted by Crippen LogP contribution is -2.51. The second-order valence-corrected chi connectivity index (χ2v) is 5.23. The van der Waals surface area contributed by atoms with Gasteiger partial charge >= 0.3 is 18.1 Å². The summed E-state index contributed by atoms with van der Waals surface area (Å²) in [5.74, 6) is -4.68. The average Bonchev–Trinajstić information content (AvgIpc) is 2.64. The molecule has 0 heterocycles. The van der Waals surface area contributed by atoms with Gasteiger partial charge in [0.15, 0.2) is 11.8 Å². The van der Waals surface area contributed by atoms with Crippen molar-refractivity contribution in [2.24, 2.45) is 0 Å². The van der Waals surface area contributed by atoms with Crippen molar-refractivity contribution >= 4 is 17.7 Å². The van der Waals surface area contributed by atoms with E-state index in [0.717, 1.165) is 0 Å². The number of amides is 1. The molecular formula is C18H14F3NO4. The van der Waals surface area contributed by atoms with Gasteiger partial charge in [-0.3, -0.25) is 9.59 Å². The van der Waals surface area contributed by atoms with Crippen molar-refractivity contribution in [1.29, 1.82) is 0 Å². The van der Waals surface area contributed by atoms with E-state index < -0.39 is 29.9 Å². The number of Topliss-reactive ketones (excluding diaryl/α,β-unsaturated/α-hetero) is 1. The molecule has 1 N–H and O–H groups in total. The predicted octanol–water partition coefficient (Wildman–Crippen LogP) is 2.66. The SMILES string of the molecule is O=C(OCc1ccccc1)C(NC(=O)C(F)(F)F)C(=O)c1ccccc1. The molecule has 136 valence electrons. The molecule has 0 radical (unpaired) electrons. The summed E-state index contributed by atoms with van der Waals surface area (Å²) in [4.78, 5) is 35.7. The topological polar surface area (TPSA) is 72.5 Å². The smallest absolute Gasteiger partial charge is 0.459 e. The molecule has 1 atom stereocenters. The highest BCUT2D eigenvalue weighted by molar-refractivity contribution is 6.14. The minimum Gasteiger partial charge on any atom is -0.459 e. The normalized spacial score (nSPS) is 12.1. The molecule has 0 aliphatic heterocycles. The lowest BCUT2D eigenvalue weighted by Gasteiger charge is -2.17. The van der Waals surface area contributed by atoms with Crippen molar-refractivity contribution in [2.75, 3.05) is 0 Å². The zero-order valence-electron chi connectivity index (χ0n) is 13.3. The van der Waals surface area contributed by atoms with Crippen molar-refractivity contribution < 1.29 is 32.3 Å². The standard InChI is InChI=1S/C18H14F3NO4/c19-18(20,21)17(25)22-14(15(23)13-9-5-2-6-10-13)16(24)26-11-12-7-3-1-4-8-12/h1-10,14H,11H2,(H,22,25). The molecule has 0 saturated heterocycles. The molecule has 0 aliphatic rings. The Balaban J connectivity index is 2.17. The highest BCUT2D eigenvalue weighted by Crippen LogP contribution is 2.16. The number of ketones is 1. The van der Waals surface area contributed by atoms with E-state index in [1.165, 1.54) is 29.6 Å². The minimum absolute atomic E-state index is 0.0309. The van der Waals surface area contributed by atoms with Gasteiger partial charge in [-0.05, 0) is 5.56 Å². The first-order valence-corrected chi connectivity index (χ1v) is 7.46. The lowest BCUT2D eigenvalue weighted by molar-refractivity contribution is -0.175. The van der Waals surface area contributed by atoms with Crippen LogP contribution in [0.25, 0.3) is 0 Å². The molecule has 26 heavy (non-hydrogen) atoms. The molecule has 2 aromatic rings. The molecule has 0 aromatic heterocycles. The van der Waals surface area contributed by atoms with E-state index in [2.05, 4.69) is 0 Å². The van der Waals surface area contributed by atoms with Crippen LogP contribution in [-0.2, 0) is 20.9 Å². The van der Waals surface area contributed by atoms with Gasteiger partial charge in [-0.2, -0.15) is 13.2 Å². The van der Waals surface area contributed by atoms with Crippen LogP contribution in [0.5, 0.6) is 0 Å². The summed E-state index contributed by atoms with van der Waals surface area (Å²) in [7, 11) is 0. The number of halogens is 3. The number of hydrogen-bond acceptors (Lipinski definition) is 4. The van der Waals surface area contributed by atoms with Crippen LogP contribution >= 0.6 is 0 Å². The highest BCUT2D eigenvalue weighted by Gasteiger charge is 2.43. The number of benzene rings is 2. The molecule has 0 spiro atoms. The fourth-order valence-electron chi connectivity index (χ4n) is 2.03. The zero-order chi connectivity index (χ0) is 19.2. The molecule has 0 fully saturated rings. The van der Waals surface area contributed by atoms with Gasteiger partial charge in [0.1, 0.15) is 6.61 Å². The Bertz CT molecular complexity index is 776. The quantitative estimate of drug-likeness (QED) is 0.485. The fourth-order valence-corrected chi connectivity index (χ4v) is 2.03. The van der Waals surface area contributed by atoms with Crippen molar-refractivity contribution in [3.63, 3.8) is 0 Å². The summed E-state index contributed by atoms with van der Waals surface area (Å²) < 4.78 is 42.4. The van der Waals surface area contributed by atoms with E-state index >= 15 is 0 Å². The minimum atomic E-state index is -5.24. The molecule has 2 aromatic carbocycles. The van der Waals surface area contributed by atoms with Gasteiger partial charge in [0.2, 0.25) is 0 Å². The molecule has 0 saturated carbocycles. The number of carbonyl (C=O) groups is 3. The van der Waals surface area contributed by atoms with Crippen LogP contribution in [0.2, 0.25) is 0 Å². The second kappa shape index (κ2) is 8.28. The maximum absolute atomic E-state index is 12.5. The molecule has 8 heteroatoms. The largest absolute Gasteiger partial charge is 0.471 e. The number of ether oxygens (including phenoxy) is 1. The Morgan fingerprint density at radius 3 is 2.00 bits per heavy atom. The van der Waals surface area contributed by atoms with Crippen LogP contribution in [-0.4, -0.2) is 29.9 Å². The van der Waals surface area contributed by atoms with Gasteiger partial charge in [0.25, 0.3) is 0 Å². The van der Waals surface area contributed by atoms with Crippen LogP contribution in [0.3, 0.4) is 0 Å². The Morgan fingerprint density at radius 2 is 1.46 bits per heavy atom. The van der Waals surface area contributed by atoms with E-state index in [-0.39, 0.29) is 12.2 Å². The summed E-state index contributed by atoms with van der Waals surface area (Å²) in [6, 6.07) is 13.4. The van der Waals surface area contributed by atoms with Crippen LogP contribution < -0.4 is 5.32 Å². The first kappa shape index (κ1) is 19.2. The molecule has 0 bridgehead atoms. The Kier molecular flexibility index (Phi) is 6.11. The van der Waals surface area contributed by atoms with E-state index in [1.54, 1.807) is 36.4 Å². The van der Waals surface area contributed by atoms with Crippen LogP contribution in [0.15, 0.2) is 60.7 Å². The lowest BCUT2D eigenvalue weighted by atomic mass is 10.0. The summed E-state index contributed by atoms with van der Waals surface area (Å²) in [6.07, 6.45) is -5.24. The summed E-state index contributed by atoms with van der Waals surface area (Å²) in [5.41, 5.74) is 0.547. The van der Waals surface area contributed by atoms with Gasteiger partial charge in [0.05, 0.1) is 0 Å². The first-order valence-electron chi connectivity index (χ1n) is 7.46. The predicted molar refractivity (Wildman–Crippen MR) is 85.0 cm³/mol. The van der Waals surface area contributed by atoms with Crippen molar-refractivity contribution in [3.05, 3.63) is 71.8 Å². The zero-order valence-corrected chi connectivity index (χ0v) is 13.3. The Morgan fingerprint density at radius 1 is 0.923 bits per heavy atom. The maximum atomic E-state index is 12.5. The number of carbonyl (C=O) groups excluding carboxylic acids is 3. The number of nitrogens with one attached hydrogen (secondary N) is 1. The van der Waals surface area contributed by atoms with E-state index in [9.17, 15) is 27.6 Å². The number of alkyl halides is 3. The second-order valence-electron chi connectivity index (χ2n) is 5.23. The third-order valence-electron chi connectivity index (χ3n) is 3.31. The number of hydrogen-bond donors (Lipinski definition) is 1. The number of rotatable bonds is 6. The fraction of sp³-hybridized carbons (Fsp3) is 0.167. The van der Waals surface area contributed by atoms with Crippen molar-refractivity contribution in [2.45, 2.75) is 18.8 Å². The molecule has 1 amide bonds. The molecule has 5 nitrogen and oxygen atoms in total. The number of esters is 1. The van der Waals surface area contributed by atoms with Crippen LogP contribution in [0.1, 0.15) is 15.9 Å². The van der Waals surface area contributed by atoms with E-state index in [1.807, 2.05) is 0 Å². The van der Waals surface area contributed by atoms with Crippen molar-refractivity contribution in [3.8, 4) is 0 Å². The van der Waals surface area contributed by atoms with Gasteiger partial charge in [0, 0.05) is 5.56 Å². The maximum Gasteiger partial charge on any atom is 0.471 e. The van der Waals surface area contributed by atoms with Gasteiger partial charge < -0.3 is 10.1 Å². The Labute approximate surface area is 146 Å². The third-order valence-corrected chi connectivity index (χ3v) is 3.31. The third kappa shape index (κ3) is 5.17. The highest BCUT2D eigenvalue weighted by atomic mass is 19.4. The summed E-state index contributed by atoms with van der Waals surface area (Å²) in [5, 5.41) is 1.40. The monoisotopic (exact) mass is 365 g/mol. The first-order chi connectivity index (χ1) is 12.3.